The normalized spacial score (nSPS) is 15.9. The average Bonchev–Trinajstić information content (AvgIpc) is 3.36. The number of hydrogen-bond donors (Lipinski definition) is 3. The van der Waals surface area contributed by atoms with Crippen LogP contribution < -0.4 is 15.0 Å². The minimum atomic E-state index is -0.948. The third kappa shape index (κ3) is 7.67. The summed E-state index contributed by atoms with van der Waals surface area (Å²) in [5.74, 6) is 1.38. The summed E-state index contributed by atoms with van der Waals surface area (Å²) in [4.78, 5) is 24.3. The molecule has 0 spiro atoms. The number of nitrogens with one attached hydrogen (secondary N) is 1. The lowest BCUT2D eigenvalue weighted by atomic mass is 9.99. The molecule has 1 fully saturated rings. The predicted octanol–water partition coefficient (Wildman–Crippen LogP) is 2.99. The Balaban J connectivity index is 1.40. The number of likely N-dealkylation sites (N-methyl/N-ethyl adjacent to an activating group) is 1. The van der Waals surface area contributed by atoms with E-state index in [1.165, 1.54) is 6.42 Å². The number of aliphatic carboxylic acids is 1. The van der Waals surface area contributed by atoms with Gasteiger partial charge in [-0.05, 0) is 44.7 Å². The van der Waals surface area contributed by atoms with E-state index in [1.807, 2.05) is 34.8 Å². The number of fused-ring (bicyclic) bond motifs is 1. The van der Waals surface area contributed by atoms with Crippen LogP contribution in [0, 0.1) is 0 Å². The van der Waals surface area contributed by atoms with Crippen molar-refractivity contribution in [2.24, 2.45) is 0 Å². The zero-order valence-corrected chi connectivity index (χ0v) is 22.8. The summed E-state index contributed by atoms with van der Waals surface area (Å²) in [6.07, 6.45) is 11.4. The fourth-order valence-corrected chi connectivity index (χ4v) is 4.79. The number of nitrogens with zero attached hydrogens (tertiary/aromatic N) is 6. The molecule has 1 aliphatic heterocycles. The van der Waals surface area contributed by atoms with Crippen molar-refractivity contribution in [1.82, 2.24) is 24.5 Å². The van der Waals surface area contributed by atoms with Crippen molar-refractivity contribution in [2.75, 3.05) is 50.1 Å². The van der Waals surface area contributed by atoms with E-state index in [2.05, 4.69) is 33.3 Å². The fourth-order valence-electron chi connectivity index (χ4n) is 4.79. The molecule has 1 aliphatic rings. The number of rotatable bonds is 14. The lowest BCUT2D eigenvalue weighted by Gasteiger charge is -2.36. The molecule has 0 aliphatic carbocycles. The van der Waals surface area contributed by atoms with Crippen molar-refractivity contribution in [3.8, 4) is 5.88 Å². The number of carbonyl (C=O) groups is 1. The summed E-state index contributed by atoms with van der Waals surface area (Å²) in [7, 11) is 1.90. The Morgan fingerprint density at radius 1 is 1.31 bits per heavy atom. The Morgan fingerprint density at radius 2 is 2.18 bits per heavy atom. The van der Waals surface area contributed by atoms with E-state index < -0.39 is 5.97 Å². The van der Waals surface area contributed by atoms with Gasteiger partial charge in [-0.3, -0.25) is 4.90 Å². The zero-order valence-electron chi connectivity index (χ0n) is 22.8. The van der Waals surface area contributed by atoms with Crippen molar-refractivity contribution in [3.63, 3.8) is 0 Å². The number of carboxylic acid groups (broad SMARTS) is 1. The minimum absolute atomic E-state index is 0.176. The lowest BCUT2D eigenvalue weighted by Crippen LogP contribution is -2.40. The van der Waals surface area contributed by atoms with Gasteiger partial charge in [0, 0.05) is 68.8 Å². The number of anilines is 2. The quantitative estimate of drug-likeness (QED) is 0.264. The van der Waals surface area contributed by atoms with Gasteiger partial charge in [0.15, 0.2) is 5.65 Å². The number of aliphatic hydroxyl groups is 1. The second kappa shape index (κ2) is 13.9. The summed E-state index contributed by atoms with van der Waals surface area (Å²) in [6, 6.07) is 6.18. The molecular weight excluding hydrogens is 498 g/mol. The van der Waals surface area contributed by atoms with Crippen LogP contribution in [0.25, 0.3) is 5.65 Å². The van der Waals surface area contributed by atoms with E-state index in [-0.39, 0.29) is 12.6 Å². The molecule has 1 atom stereocenters. The first-order valence-corrected chi connectivity index (χ1v) is 13.6. The maximum absolute atomic E-state index is 10.6. The van der Waals surface area contributed by atoms with Crippen molar-refractivity contribution in [1.29, 1.82) is 0 Å². The zero-order chi connectivity index (χ0) is 27.6. The Hall–Kier alpha value is -3.70. The van der Waals surface area contributed by atoms with Gasteiger partial charge in [-0.25, -0.2) is 14.8 Å². The van der Waals surface area contributed by atoms with E-state index in [9.17, 15) is 9.90 Å². The Kier molecular flexibility index (Phi) is 10.1. The molecule has 11 nitrogen and oxygen atoms in total. The maximum Gasteiger partial charge on any atom is 0.328 e. The van der Waals surface area contributed by atoms with Crippen molar-refractivity contribution in [3.05, 3.63) is 53.9 Å². The molecule has 39 heavy (non-hydrogen) atoms. The number of carboxylic acids is 1. The second-order valence-corrected chi connectivity index (χ2v) is 9.82. The molecule has 0 unspecified atom stereocenters. The van der Waals surface area contributed by atoms with Crippen molar-refractivity contribution < 1.29 is 19.7 Å². The van der Waals surface area contributed by atoms with Crippen LogP contribution in [0.3, 0.4) is 0 Å². The fraction of sp³-hybridized carbons (Fsp3) is 0.500. The minimum Gasteiger partial charge on any atom is -0.478 e. The predicted molar refractivity (Wildman–Crippen MR) is 150 cm³/mol. The second-order valence-electron chi connectivity index (χ2n) is 9.82. The number of aromatic nitrogens is 4. The highest BCUT2D eigenvalue weighted by Crippen LogP contribution is 2.29. The van der Waals surface area contributed by atoms with Crippen LogP contribution in [-0.2, 0) is 17.8 Å². The van der Waals surface area contributed by atoms with E-state index in [0.717, 1.165) is 66.7 Å². The van der Waals surface area contributed by atoms with Gasteiger partial charge >= 0.3 is 5.97 Å². The Bertz CT molecular complexity index is 1240. The first kappa shape index (κ1) is 28.3. The number of hydrogen-bond acceptors (Lipinski definition) is 9. The first-order chi connectivity index (χ1) is 19.0. The molecule has 0 saturated carbocycles. The van der Waals surface area contributed by atoms with Gasteiger partial charge < -0.3 is 25.2 Å². The van der Waals surface area contributed by atoms with Gasteiger partial charge in [-0.15, -0.1) is 0 Å². The third-order valence-corrected chi connectivity index (χ3v) is 6.97. The van der Waals surface area contributed by atoms with Crippen LogP contribution in [0.1, 0.15) is 43.7 Å². The summed E-state index contributed by atoms with van der Waals surface area (Å²) < 4.78 is 7.61. The van der Waals surface area contributed by atoms with E-state index in [0.29, 0.717) is 32.1 Å². The SMILES string of the molecule is CCc1cnn2c(NCc3ccc(OCCN(C)C/C=C/C(=O)O)nc3)cc(N3CCCC[C@H]3CCO)nc12. The van der Waals surface area contributed by atoms with Crippen LogP contribution in [0.4, 0.5) is 11.6 Å². The maximum atomic E-state index is 10.6. The van der Waals surface area contributed by atoms with Gasteiger partial charge in [-0.1, -0.05) is 19.1 Å². The van der Waals surface area contributed by atoms with E-state index in [1.54, 1.807) is 12.3 Å². The standard InChI is InChI=1S/C28H39N7O4/c1-3-22-20-31-35-24(17-25(32-28(22)35)34-13-5-4-7-23(34)11-15-36)29-18-21-9-10-26(30-19-21)39-16-14-33(2)12-6-8-27(37)38/h6,8-10,17,19-20,23,29,36H,3-5,7,11-16,18H2,1-2H3,(H,37,38)/b8-6+/t23-/m0/s1. The monoisotopic (exact) mass is 537 g/mol. The third-order valence-electron chi connectivity index (χ3n) is 6.97. The summed E-state index contributed by atoms with van der Waals surface area (Å²) in [6.45, 7) is 5.41. The molecule has 3 aromatic heterocycles. The molecule has 3 aromatic rings. The molecule has 3 N–H and O–H groups in total. The van der Waals surface area contributed by atoms with Gasteiger partial charge in [0.2, 0.25) is 5.88 Å². The molecule has 0 radical (unpaired) electrons. The molecule has 1 saturated heterocycles. The number of aliphatic hydroxyl groups excluding tert-OH is 1. The Morgan fingerprint density at radius 3 is 2.92 bits per heavy atom. The van der Waals surface area contributed by atoms with Crippen molar-refractivity contribution in [2.45, 2.75) is 51.6 Å². The van der Waals surface area contributed by atoms with E-state index >= 15 is 0 Å². The van der Waals surface area contributed by atoms with Gasteiger partial charge in [0.1, 0.15) is 18.2 Å². The number of ether oxygens (including phenoxy) is 1. The highest BCUT2D eigenvalue weighted by Gasteiger charge is 2.25. The highest BCUT2D eigenvalue weighted by molar-refractivity contribution is 5.79. The molecule has 210 valence electrons. The molecular formula is C28H39N7O4. The van der Waals surface area contributed by atoms with Crippen LogP contribution in [-0.4, -0.2) is 86.6 Å². The van der Waals surface area contributed by atoms with Crippen molar-refractivity contribution >= 4 is 23.3 Å². The van der Waals surface area contributed by atoms with Gasteiger partial charge in [0.25, 0.3) is 0 Å². The van der Waals surface area contributed by atoms with Crippen LogP contribution in [0.2, 0.25) is 0 Å². The molecule has 0 bridgehead atoms. The van der Waals surface area contributed by atoms with Gasteiger partial charge in [0.05, 0.1) is 6.20 Å². The number of pyridine rings is 1. The van der Waals surface area contributed by atoms with Crippen LogP contribution >= 0.6 is 0 Å². The summed E-state index contributed by atoms with van der Waals surface area (Å²) in [5, 5.41) is 26.4. The molecule has 0 amide bonds. The van der Waals surface area contributed by atoms with Gasteiger partial charge in [-0.2, -0.15) is 9.61 Å². The Labute approximate surface area is 229 Å². The lowest BCUT2D eigenvalue weighted by molar-refractivity contribution is -0.131. The summed E-state index contributed by atoms with van der Waals surface area (Å²) >= 11 is 0. The van der Waals surface area contributed by atoms with Crippen LogP contribution in [0.15, 0.2) is 42.7 Å². The topological polar surface area (TPSA) is 128 Å². The molecule has 11 heteroatoms. The molecule has 0 aromatic carbocycles. The highest BCUT2D eigenvalue weighted by atomic mass is 16.5. The molecule has 4 rings (SSSR count). The first-order valence-electron chi connectivity index (χ1n) is 13.6. The number of piperidine rings is 1. The largest absolute Gasteiger partial charge is 0.478 e. The van der Waals surface area contributed by atoms with E-state index in [4.69, 9.17) is 14.8 Å². The average molecular weight is 538 g/mol. The number of aryl methyl sites for hydroxylation is 1. The summed E-state index contributed by atoms with van der Waals surface area (Å²) in [5.41, 5.74) is 2.96. The smallest absolute Gasteiger partial charge is 0.328 e. The van der Waals surface area contributed by atoms with Crippen LogP contribution in [0.5, 0.6) is 5.88 Å². The molecule has 4 heterocycles.